The van der Waals surface area contributed by atoms with Crippen LogP contribution in [0.1, 0.15) is 26.2 Å². The Kier molecular flexibility index (Phi) is 4.62. The maximum atomic E-state index is 5.77. The summed E-state index contributed by atoms with van der Waals surface area (Å²) in [6, 6.07) is 0. The molecule has 0 aliphatic carbocycles. The zero-order valence-corrected chi connectivity index (χ0v) is 9.96. The van der Waals surface area contributed by atoms with Crippen molar-refractivity contribution in [2.45, 2.75) is 26.2 Å². The molecule has 0 atom stereocenters. The molecule has 0 fully saturated rings. The molecule has 0 bridgehead atoms. The first-order valence-corrected chi connectivity index (χ1v) is 5.52. The van der Waals surface area contributed by atoms with Crippen molar-refractivity contribution in [1.29, 1.82) is 0 Å². The van der Waals surface area contributed by atoms with E-state index in [4.69, 9.17) is 17.3 Å². The molecule has 0 aliphatic rings. The summed E-state index contributed by atoms with van der Waals surface area (Å²) in [4.78, 5) is 9.94. The van der Waals surface area contributed by atoms with E-state index in [1.807, 2.05) is 11.9 Å². The predicted molar refractivity (Wildman–Crippen MR) is 64.2 cm³/mol. The molecular weight excluding hydrogens is 212 g/mol. The Morgan fingerprint density at radius 1 is 1.47 bits per heavy atom. The number of aromatic nitrogens is 2. The molecule has 0 unspecified atom stereocenters. The molecule has 15 heavy (non-hydrogen) atoms. The van der Waals surface area contributed by atoms with Crippen LogP contribution in [0.15, 0.2) is 6.20 Å². The van der Waals surface area contributed by atoms with Crippen LogP contribution in [0.3, 0.4) is 0 Å². The lowest BCUT2D eigenvalue weighted by Gasteiger charge is -2.19. The highest BCUT2D eigenvalue weighted by Gasteiger charge is 2.07. The van der Waals surface area contributed by atoms with Crippen molar-refractivity contribution in [3.05, 3.63) is 11.5 Å². The molecule has 0 aromatic carbocycles. The van der Waals surface area contributed by atoms with E-state index in [1.54, 1.807) is 6.20 Å². The number of hydrogen-bond acceptors (Lipinski definition) is 4. The fraction of sp³-hybridized carbons (Fsp3) is 0.600. The first-order chi connectivity index (χ1) is 7.15. The van der Waals surface area contributed by atoms with Gasteiger partial charge in [-0.05, 0) is 18.0 Å². The van der Waals surface area contributed by atoms with Crippen molar-refractivity contribution in [1.82, 2.24) is 9.97 Å². The standard InChI is InChI=1S/C10H17ClN4/c1-3-4-5-6-15(2)9-8(12)7-13-10(11)14-9/h7H,3-6,12H2,1-2H3. The number of rotatable bonds is 5. The molecule has 0 radical (unpaired) electrons. The molecule has 1 aromatic heterocycles. The third-order valence-electron chi connectivity index (χ3n) is 2.23. The van der Waals surface area contributed by atoms with Crippen LogP contribution in [0.4, 0.5) is 11.5 Å². The summed E-state index contributed by atoms with van der Waals surface area (Å²) < 4.78 is 0. The first kappa shape index (κ1) is 12.0. The van der Waals surface area contributed by atoms with Gasteiger partial charge in [0.15, 0.2) is 5.82 Å². The van der Waals surface area contributed by atoms with Gasteiger partial charge >= 0.3 is 0 Å². The Bertz CT molecular complexity index is 316. The number of hydrogen-bond donors (Lipinski definition) is 1. The van der Waals surface area contributed by atoms with Gasteiger partial charge in [0.25, 0.3) is 0 Å². The van der Waals surface area contributed by atoms with Gasteiger partial charge in [-0.1, -0.05) is 19.8 Å². The quantitative estimate of drug-likeness (QED) is 0.621. The second kappa shape index (κ2) is 5.75. The third-order valence-corrected chi connectivity index (χ3v) is 2.41. The molecule has 1 rings (SSSR count). The van der Waals surface area contributed by atoms with E-state index in [1.165, 1.54) is 12.8 Å². The fourth-order valence-electron chi connectivity index (χ4n) is 1.37. The Morgan fingerprint density at radius 3 is 2.87 bits per heavy atom. The van der Waals surface area contributed by atoms with Crippen LogP contribution in [0.2, 0.25) is 5.28 Å². The molecule has 1 heterocycles. The van der Waals surface area contributed by atoms with E-state index in [0.717, 1.165) is 13.0 Å². The molecule has 0 saturated carbocycles. The summed E-state index contributed by atoms with van der Waals surface area (Å²) in [6.07, 6.45) is 5.09. The molecule has 0 aliphatic heterocycles. The molecule has 0 spiro atoms. The third kappa shape index (κ3) is 3.55. The van der Waals surface area contributed by atoms with Crippen molar-refractivity contribution in [2.75, 3.05) is 24.2 Å². The van der Waals surface area contributed by atoms with Gasteiger partial charge in [-0.3, -0.25) is 0 Å². The second-order valence-corrected chi connectivity index (χ2v) is 3.88. The normalized spacial score (nSPS) is 10.3. The van der Waals surface area contributed by atoms with Gasteiger partial charge in [0, 0.05) is 13.6 Å². The van der Waals surface area contributed by atoms with Crippen molar-refractivity contribution < 1.29 is 0 Å². The van der Waals surface area contributed by atoms with E-state index in [0.29, 0.717) is 11.5 Å². The Hall–Kier alpha value is -1.03. The van der Waals surface area contributed by atoms with Crippen molar-refractivity contribution in [2.24, 2.45) is 0 Å². The van der Waals surface area contributed by atoms with E-state index >= 15 is 0 Å². The Morgan fingerprint density at radius 2 is 2.20 bits per heavy atom. The monoisotopic (exact) mass is 228 g/mol. The highest BCUT2D eigenvalue weighted by atomic mass is 35.5. The smallest absolute Gasteiger partial charge is 0.224 e. The fourth-order valence-corrected chi connectivity index (χ4v) is 1.50. The van der Waals surface area contributed by atoms with Crippen LogP contribution in [0, 0.1) is 0 Å². The van der Waals surface area contributed by atoms with Crippen molar-refractivity contribution in [3.63, 3.8) is 0 Å². The molecule has 5 heteroatoms. The summed E-state index contributed by atoms with van der Waals surface area (Å²) in [6.45, 7) is 3.11. The SMILES string of the molecule is CCCCCN(C)c1nc(Cl)ncc1N. The summed E-state index contributed by atoms with van der Waals surface area (Å²) in [5, 5.41) is 0.238. The lowest BCUT2D eigenvalue weighted by molar-refractivity contribution is 0.701. The topological polar surface area (TPSA) is 55.0 Å². The molecular formula is C10H17ClN4. The van der Waals surface area contributed by atoms with Gasteiger partial charge in [0.05, 0.1) is 11.9 Å². The van der Waals surface area contributed by atoms with Crippen LogP contribution in [0.5, 0.6) is 0 Å². The number of nitrogen functional groups attached to an aromatic ring is 1. The average molecular weight is 229 g/mol. The molecule has 0 amide bonds. The Labute approximate surface area is 95.5 Å². The zero-order valence-electron chi connectivity index (χ0n) is 9.20. The minimum Gasteiger partial charge on any atom is -0.394 e. The number of anilines is 2. The minimum absolute atomic E-state index is 0.238. The van der Waals surface area contributed by atoms with Gasteiger partial charge in [-0.2, -0.15) is 4.98 Å². The highest BCUT2D eigenvalue weighted by Crippen LogP contribution is 2.19. The lowest BCUT2D eigenvalue weighted by atomic mass is 10.2. The minimum atomic E-state index is 0.238. The number of halogens is 1. The molecule has 1 aromatic rings. The largest absolute Gasteiger partial charge is 0.394 e. The Balaban J connectivity index is 2.64. The molecule has 2 N–H and O–H groups in total. The van der Waals surface area contributed by atoms with Crippen molar-refractivity contribution in [3.8, 4) is 0 Å². The van der Waals surface area contributed by atoms with Gasteiger partial charge in [0.1, 0.15) is 0 Å². The van der Waals surface area contributed by atoms with Crippen molar-refractivity contribution >= 4 is 23.1 Å². The van der Waals surface area contributed by atoms with Gasteiger partial charge < -0.3 is 10.6 Å². The number of nitrogens with zero attached hydrogens (tertiary/aromatic N) is 3. The summed E-state index contributed by atoms with van der Waals surface area (Å²) in [7, 11) is 1.96. The molecule has 4 nitrogen and oxygen atoms in total. The van der Waals surface area contributed by atoms with Gasteiger partial charge in [-0.25, -0.2) is 4.98 Å². The summed E-state index contributed by atoms with van der Waals surface area (Å²) in [5.41, 5.74) is 6.34. The average Bonchev–Trinajstić information content (AvgIpc) is 2.22. The lowest BCUT2D eigenvalue weighted by Crippen LogP contribution is -2.21. The van der Waals surface area contributed by atoms with Crippen LogP contribution >= 0.6 is 11.6 Å². The van der Waals surface area contributed by atoms with E-state index in [9.17, 15) is 0 Å². The molecule has 84 valence electrons. The maximum Gasteiger partial charge on any atom is 0.224 e. The van der Waals surface area contributed by atoms with Crippen LogP contribution in [-0.4, -0.2) is 23.6 Å². The van der Waals surface area contributed by atoms with Gasteiger partial charge in [-0.15, -0.1) is 0 Å². The van der Waals surface area contributed by atoms with Crippen LogP contribution in [-0.2, 0) is 0 Å². The highest BCUT2D eigenvalue weighted by molar-refractivity contribution is 6.28. The van der Waals surface area contributed by atoms with E-state index in [2.05, 4.69) is 16.9 Å². The first-order valence-electron chi connectivity index (χ1n) is 5.14. The summed E-state index contributed by atoms with van der Waals surface area (Å²) >= 11 is 5.72. The summed E-state index contributed by atoms with van der Waals surface area (Å²) in [5.74, 6) is 0.714. The van der Waals surface area contributed by atoms with E-state index < -0.39 is 0 Å². The number of unbranched alkanes of at least 4 members (excludes halogenated alkanes) is 2. The molecule has 0 saturated heterocycles. The van der Waals surface area contributed by atoms with Crippen LogP contribution in [0.25, 0.3) is 0 Å². The predicted octanol–water partition coefficient (Wildman–Crippen LogP) is 2.34. The van der Waals surface area contributed by atoms with Crippen LogP contribution < -0.4 is 10.6 Å². The zero-order chi connectivity index (χ0) is 11.3. The number of nitrogens with two attached hydrogens (primary N) is 1. The maximum absolute atomic E-state index is 5.77. The van der Waals surface area contributed by atoms with E-state index in [-0.39, 0.29) is 5.28 Å². The second-order valence-electron chi connectivity index (χ2n) is 3.55. The van der Waals surface area contributed by atoms with Gasteiger partial charge in [0.2, 0.25) is 5.28 Å².